The Morgan fingerprint density at radius 3 is 2.42 bits per heavy atom. The van der Waals surface area contributed by atoms with Crippen LogP contribution in [0.4, 0.5) is 5.82 Å². The summed E-state index contributed by atoms with van der Waals surface area (Å²) in [5, 5.41) is 0. The van der Waals surface area contributed by atoms with Crippen LogP contribution in [0.5, 0.6) is 23.1 Å². The molecular weight excluding hydrogens is 422 g/mol. The van der Waals surface area contributed by atoms with Crippen molar-refractivity contribution >= 4 is 15.8 Å². The Labute approximate surface area is 180 Å². The number of nitrogens with one attached hydrogen (secondary N) is 1. The molecule has 3 rings (SSSR count). The highest BCUT2D eigenvalue weighted by Gasteiger charge is 2.23. The Morgan fingerprint density at radius 2 is 1.77 bits per heavy atom. The van der Waals surface area contributed by atoms with E-state index in [4.69, 9.17) is 14.2 Å². The smallest absolute Gasteiger partial charge is 0.263 e. The number of sulfonamides is 1. The zero-order valence-corrected chi connectivity index (χ0v) is 17.8. The third kappa shape index (κ3) is 5.89. The fraction of sp³-hybridized carbons (Fsp3) is 0.200. The maximum absolute atomic E-state index is 12.0. The van der Waals surface area contributed by atoms with Crippen LogP contribution in [-0.4, -0.2) is 48.3 Å². The summed E-state index contributed by atoms with van der Waals surface area (Å²) in [4.78, 5) is 16.9. The lowest BCUT2D eigenvalue weighted by molar-refractivity contribution is 0.293. The summed E-state index contributed by atoms with van der Waals surface area (Å²) in [7, 11) is -2.22. The number of methoxy groups -OCH3 is 1. The third-order valence-corrected chi connectivity index (χ3v) is 4.29. The fourth-order valence-electron chi connectivity index (χ4n) is 2.43. The molecule has 0 aliphatic rings. The van der Waals surface area contributed by atoms with Crippen molar-refractivity contribution in [2.75, 3.05) is 24.7 Å². The Balaban J connectivity index is 2.17. The SMILES string of the molecule is C=CCCOc1nc(-c2ncccn2)nc(NS(C)(=O)=O)c1Oc1ccccc1OC. The van der Waals surface area contributed by atoms with Crippen LogP contribution in [0.1, 0.15) is 6.42 Å². The lowest BCUT2D eigenvalue weighted by Crippen LogP contribution is -2.14. The van der Waals surface area contributed by atoms with Crippen LogP contribution >= 0.6 is 0 Å². The van der Waals surface area contributed by atoms with E-state index in [1.54, 1.807) is 36.4 Å². The molecule has 0 spiro atoms. The monoisotopic (exact) mass is 443 g/mol. The minimum absolute atomic E-state index is 0.0105. The van der Waals surface area contributed by atoms with E-state index in [0.717, 1.165) is 6.26 Å². The summed E-state index contributed by atoms with van der Waals surface area (Å²) >= 11 is 0. The highest BCUT2D eigenvalue weighted by atomic mass is 32.2. The third-order valence-electron chi connectivity index (χ3n) is 3.72. The fourth-order valence-corrected chi connectivity index (χ4v) is 2.92. The molecule has 31 heavy (non-hydrogen) atoms. The van der Waals surface area contributed by atoms with Gasteiger partial charge in [-0.1, -0.05) is 18.2 Å². The van der Waals surface area contributed by atoms with Gasteiger partial charge >= 0.3 is 0 Å². The van der Waals surface area contributed by atoms with E-state index in [1.807, 2.05) is 0 Å². The van der Waals surface area contributed by atoms with Gasteiger partial charge < -0.3 is 14.2 Å². The second-order valence-corrected chi connectivity index (χ2v) is 7.90. The van der Waals surface area contributed by atoms with E-state index < -0.39 is 10.0 Å². The number of benzene rings is 1. The molecule has 0 aliphatic heterocycles. The number of para-hydroxylation sites is 2. The first kappa shape index (κ1) is 22.0. The quantitative estimate of drug-likeness (QED) is 0.372. The molecule has 0 radical (unpaired) electrons. The normalized spacial score (nSPS) is 10.9. The number of nitrogens with zero attached hydrogens (tertiary/aromatic N) is 4. The van der Waals surface area contributed by atoms with Gasteiger partial charge in [-0.15, -0.1) is 6.58 Å². The molecule has 10 nitrogen and oxygen atoms in total. The van der Waals surface area contributed by atoms with Crippen molar-refractivity contribution in [2.45, 2.75) is 6.42 Å². The number of aromatic nitrogens is 4. The van der Waals surface area contributed by atoms with Crippen molar-refractivity contribution < 1.29 is 22.6 Å². The zero-order valence-electron chi connectivity index (χ0n) is 17.0. The van der Waals surface area contributed by atoms with Gasteiger partial charge in [-0.2, -0.15) is 4.98 Å². The van der Waals surface area contributed by atoms with Gasteiger partial charge in [0, 0.05) is 12.4 Å². The summed E-state index contributed by atoms with van der Waals surface area (Å²) in [6, 6.07) is 8.51. The van der Waals surface area contributed by atoms with Gasteiger partial charge in [0.1, 0.15) is 0 Å². The molecule has 0 aliphatic carbocycles. The van der Waals surface area contributed by atoms with Crippen LogP contribution < -0.4 is 18.9 Å². The predicted molar refractivity (Wildman–Crippen MR) is 115 cm³/mol. The standard InChI is InChI=1S/C20H21N5O5S/c1-4-5-13-29-20-16(30-15-10-7-6-9-14(15)28-2)17(25-31(3,26)27)23-19(24-20)18-21-11-8-12-22-18/h4,6-12H,1,5,13H2,2-3H3,(H,23,24,25). The summed E-state index contributed by atoms with van der Waals surface area (Å²) in [5.74, 6) is 0.862. The average molecular weight is 443 g/mol. The molecule has 2 heterocycles. The lowest BCUT2D eigenvalue weighted by atomic mass is 10.3. The summed E-state index contributed by atoms with van der Waals surface area (Å²) in [6.45, 7) is 3.90. The van der Waals surface area contributed by atoms with E-state index >= 15 is 0 Å². The summed E-state index contributed by atoms with van der Waals surface area (Å²) in [6.07, 6.45) is 6.25. The molecule has 2 aromatic heterocycles. The molecule has 0 saturated carbocycles. The second-order valence-electron chi connectivity index (χ2n) is 6.16. The first-order valence-electron chi connectivity index (χ1n) is 9.13. The van der Waals surface area contributed by atoms with Gasteiger partial charge in [-0.05, 0) is 24.6 Å². The Bertz CT molecular complexity index is 1160. The van der Waals surface area contributed by atoms with E-state index in [2.05, 4.69) is 31.2 Å². The van der Waals surface area contributed by atoms with E-state index in [1.165, 1.54) is 19.5 Å². The lowest BCUT2D eigenvalue weighted by Gasteiger charge is -2.17. The van der Waals surface area contributed by atoms with Crippen molar-refractivity contribution in [1.82, 2.24) is 19.9 Å². The van der Waals surface area contributed by atoms with Crippen LogP contribution in [0, 0.1) is 0 Å². The zero-order chi connectivity index (χ0) is 22.3. The first-order valence-corrected chi connectivity index (χ1v) is 11.0. The van der Waals surface area contributed by atoms with Gasteiger partial charge in [0.25, 0.3) is 5.88 Å². The van der Waals surface area contributed by atoms with Crippen LogP contribution in [-0.2, 0) is 10.0 Å². The topological polar surface area (TPSA) is 125 Å². The van der Waals surface area contributed by atoms with Gasteiger partial charge in [0.2, 0.25) is 21.6 Å². The van der Waals surface area contributed by atoms with Crippen LogP contribution in [0.3, 0.4) is 0 Å². The maximum atomic E-state index is 12.0. The minimum Gasteiger partial charge on any atom is -0.493 e. The molecule has 0 saturated heterocycles. The van der Waals surface area contributed by atoms with Crippen LogP contribution in [0.2, 0.25) is 0 Å². The number of hydrogen-bond acceptors (Lipinski definition) is 9. The van der Waals surface area contributed by atoms with E-state index in [9.17, 15) is 8.42 Å². The predicted octanol–water partition coefficient (Wildman–Crippen LogP) is 3.06. The number of anilines is 1. The van der Waals surface area contributed by atoms with Crippen molar-refractivity contribution in [3.63, 3.8) is 0 Å². The van der Waals surface area contributed by atoms with Crippen LogP contribution in [0.15, 0.2) is 55.4 Å². The van der Waals surface area contributed by atoms with Crippen molar-refractivity contribution in [1.29, 1.82) is 0 Å². The molecule has 0 atom stereocenters. The second kappa shape index (κ2) is 9.85. The molecule has 0 amide bonds. The average Bonchev–Trinajstić information content (AvgIpc) is 2.75. The molecule has 0 fully saturated rings. The van der Waals surface area contributed by atoms with Crippen LogP contribution in [0.25, 0.3) is 11.6 Å². The minimum atomic E-state index is -3.71. The molecule has 1 aromatic carbocycles. The molecule has 1 N–H and O–H groups in total. The Morgan fingerprint density at radius 1 is 1.06 bits per heavy atom. The van der Waals surface area contributed by atoms with Gasteiger partial charge in [0.05, 0.1) is 20.0 Å². The molecule has 3 aromatic rings. The Hall–Kier alpha value is -3.73. The maximum Gasteiger partial charge on any atom is 0.263 e. The first-order chi connectivity index (χ1) is 14.9. The van der Waals surface area contributed by atoms with Crippen molar-refractivity contribution in [3.8, 4) is 34.8 Å². The molecule has 0 unspecified atom stereocenters. The molecule has 162 valence electrons. The molecular formula is C20H21N5O5S. The summed E-state index contributed by atoms with van der Waals surface area (Å²) in [5.41, 5.74) is 0. The van der Waals surface area contributed by atoms with Crippen molar-refractivity contribution in [3.05, 3.63) is 55.4 Å². The molecule has 11 heteroatoms. The number of hydrogen-bond donors (Lipinski definition) is 1. The Kier molecular flexibility index (Phi) is 6.98. The number of ether oxygens (including phenoxy) is 3. The highest BCUT2D eigenvalue weighted by Crippen LogP contribution is 2.40. The highest BCUT2D eigenvalue weighted by molar-refractivity contribution is 7.92. The van der Waals surface area contributed by atoms with E-state index in [0.29, 0.717) is 17.9 Å². The van der Waals surface area contributed by atoms with Gasteiger partial charge in [0.15, 0.2) is 23.1 Å². The summed E-state index contributed by atoms with van der Waals surface area (Å²) < 4.78 is 43.4. The van der Waals surface area contributed by atoms with Gasteiger partial charge in [-0.3, -0.25) is 4.72 Å². The van der Waals surface area contributed by atoms with Gasteiger partial charge in [-0.25, -0.2) is 23.4 Å². The van der Waals surface area contributed by atoms with Crippen molar-refractivity contribution in [2.24, 2.45) is 0 Å². The molecule has 0 bridgehead atoms. The number of rotatable bonds is 10. The van der Waals surface area contributed by atoms with E-state index in [-0.39, 0.29) is 35.7 Å². The largest absolute Gasteiger partial charge is 0.493 e.